The Morgan fingerprint density at radius 3 is 2.42 bits per heavy atom. The van der Waals surface area contributed by atoms with E-state index in [-0.39, 0.29) is 6.04 Å². The molecule has 0 amide bonds. The molecule has 0 aromatic heterocycles. The molecule has 2 unspecified atom stereocenters. The van der Waals surface area contributed by atoms with Crippen LogP contribution in [0.5, 0.6) is 0 Å². The average molecular weight is 169 g/mol. The minimum atomic E-state index is 0.1000. The number of nitrogens with zero attached hydrogens (tertiary/aromatic N) is 1. The second-order valence-electron chi connectivity index (χ2n) is 4.99. The highest BCUT2D eigenvalue weighted by Crippen LogP contribution is 2.38. The Hall–Kier alpha value is -0.400. The van der Waals surface area contributed by atoms with Gasteiger partial charge in [-0.25, -0.2) is 0 Å². The Morgan fingerprint density at radius 1 is 1.25 bits per heavy atom. The highest BCUT2D eigenvalue weighted by molar-refractivity contribution is 4.83. The molecule has 12 heavy (non-hydrogen) atoms. The van der Waals surface area contributed by atoms with Gasteiger partial charge in [-0.1, -0.05) is 32.4 Å². The van der Waals surface area contributed by atoms with Gasteiger partial charge in [-0.05, 0) is 30.6 Å². The third-order valence-electron chi connectivity index (χ3n) is 3.02. The van der Waals surface area contributed by atoms with E-state index < -0.39 is 0 Å². The van der Waals surface area contributed by atoms with Crippen LogP contribution in [-0.2, 0) is 0 Å². The fourth-order valence-electron chi connectivity index (χ4n) is 2.05. The highest BCUT2D eigenvalue weighted by Gasteiger charge is 2.30. The van der Waals surface area contributed by atoms with Crippen molar-refractivity contribution in [3.63, 3.8) is 0 Å². The lowest BCUT2D eigenvalue weighted by Crippen LogP contribution is -2.28. The van der Waals surface area contributed by atoms with E-state index in [1.165, 1.54) is 12.8 Å². The highest BCUT2D eigenvalue weighted by atomic mass is 16.3. The zero-order valence-corrected chi connectivity index (χ0v) is 8.34. The normalized spacial score (nSPS) is 31.6. The van der Waals surface area contributed by atoms with Crippen LogP contribution >= 0.6 is 0 Å². The summed E-state index contributed by atoms with van der Waals surface area (Å²) in [5.74, 6) is 0.689. The van der Waals surface area contributed by atoms with Crippen molar-refractivity contribution in [1.82, 2.24) is 0 Å². The quantitative estimate of drug-likeness (QED) is 0.553. The molecule has 1 aliphatic carbocycles. The summed E-state index contributed by atoms with van der Waals surface area (Å²) in [6.45, 7) is 6.76. The molecule has 2 nitrogen and oxygen atoms in total. The van der Waals surface area contributed by atoms with Gasteiger partial charge in [-0.3, -0.25) is 0 Å². The molecule has 0 radical (unpaired) electrons. The van der Waals surface area contributed by atoms with Crippen LogP contribution in [0.1, 0.15) is 46.5 Å². The van der Waals surface area contributed by atoms with Crippen molar-refractivity contribution >= 4 is 0 Å². The molecule has 0 N–H and O–H groups in total. The van der Waals surface area contributed by atoms with Crippen molar-refractivity contribution in [3.8, 4) is 0 Å². The molecule has 0 aliphatic heterocycles. The minimum Gasteiger partial charge on any atom is -0.151 e. The molecule has 0 bridgehead atoms. The molecule has 1 aliphatic rings. The van der Waals surface area contributed by atoms with E-state index in [2.05, 4.69) is 25.9 Å². The number of hydrogen-bond donors (Lipinski definition) is 0. The van der Waals surface area contributed by atoms with E-state index >= 15 is 0 Å². The molecule has 1 saturated carbocycles. The third kappa shape index (κ3) is 2.29. The summed E-state index contributed by atoms with van der Waals surface area (Å²) >= 11 is 0. The van der Waals surface area contributed by atoms with Crippen LogP contribution in [0.3, 0.4) is 0 Å². The van der Waals surface area contributed by atoms with E-state index in [1.807, 2.05) is 0 Å². The Kier molecular flexibility index (Phi) is 2.86. The van der Waals surface area contributed by atoms with Gasteiger partial charge < -0.3 is 0 Å². The Balaban J connectivity index is 2.51. The van der Waals surface area contributed by atoms with Crippen LogP contribution in [0, 0.1) is 16.2 Å². The van der Waals surface area contributed by atoms with E-state index in [9.17, 15) is 4.91 Å². The van der Waals surface area contributed by atoms with Crippen molar-refractivity contribution in [2.45, 2.75) is 52.5 Å². The average Bonchev–Trinajstić information content (AvgIpc) is 2.03. The maximum absolute atomic E-state index is 10.4. The summed E-state index contributed by atoms with van der Waals surface area (Å²) in [6, 6.07) is 0.1000. The molecular weight excluding hydrogens is 150 g/mol. The molecular formula is C10H19NO. The minimum absolute atomic E-state index is 0.1000. The fourth-order valence-corrected chi connectivity index (χ4v) is 2.05. The maximum Gasteiger partial charge on any atom is 0.0922 e. The topological polar surface area (TPSA) is 29.4 Å². The van der Waals surface area contributed by atoms with Gasteiger partial charge in [-0.15, -0.1) is 0 Å². The van der Waals surface area contributed by atoms with E-state index in [1.54, 1.807) is 0 Å². The predicted molar refractivity (Wildman–Crippen MR) is 51.0 cm³/mol. The number of rotatable bonds is 1. The van der Waals surface area contributed by atoms with E-state index in [0.717, 1.165) is 12.8 Å². The summed E-state index contributed by atoms with van der Waals surface area (Å²) in [4.78, 5) is 10.4. The van der Waals surface area contributed by atoms with E-state index in [0.29, 0.717) is 11.3 Å². The summed E-state index contributed by atoms with van der Waals surface area (Å²) in [5, 5.41) is 3.16. The van der Waals surface area contributed by atoms with Gasteiger partial charge >= 0.3 is 0 Å². The zero-order valence-electron chi connectivity index (χ0n) is 8.34. The van der Waals surface area contributed by atoms with Gasteiger partial charge in [0, 0.05) is 0 Å². The summed E-state index contributed by atoms with van der Waals surface area (Å²) in [6.07, 6.45) is 4.47. The monoisotopic (exact) mass is 169 g/mol. The zero-order chi connectivity index (χ0) is 9.19. The van der Waals surface area contributed by atoms with E-state index in [4.69, 9.17) is 0 Å². The van der Waals surface area contributed by atoms with Crippen molar-refractivity contribution in [1.29, 1.82) is 0 Å². The molecule has 70 valence electrons. The molecule has 0 heterocycles. The molecule has 0 saturated heterocycles. The van der Waals surface area contributed by atoms with Crippen molar-refractivity contribution in [2.75, 3.05) is 0 Å². The molecule has 1 rings (SSSR count). The first-order valence-electron chi connectivity index (χ1n) is 4.86. The van der Waals surface area contributed by atoms with Crippen LogP contribution in [0.2, 0.25) is 0 Å². The number of hydrogen-bond acceptors (Lipinski definition) is 2. The van der Waals surface area contributed by atoms with Gasteiger partial charge in [0.1, 0.15) is 0 Å². The molecule has 0 aromatic carbocycles. The summed E-state index contributed by atoms with van der Waals surface area (Å²) < 4.78 is 0. The van der Waals surface area contributed by atoms with Gasteiger partial charge in [0.25, 0.3) is 0 Å². The fraction of sp³-hybridized carbons (Fsp3) is 1.00. The molecule has 0 aromatic rings. The van der Waals surface area contributed by atoms with Crippen LogP contribution in [-0.4, -0.2) is 6.04 Å². The van der Waals surface area contributed by atoms with Crippen LogP contribution in [0.25, 0.3) is 0 Å². The van der Waals surface area contributed by atoms with Gasteiger partial charge in [0.05, 0.1) is 6.04 Å². The Bertz CT molecular complexity index is 160. The number of nitroso groups, excluding NO2 is 1. The summed E-state index contributed by atoms with van der Waals surface area (Å²) in [5.41, 5.74) is 0.351. The van der Waals surface area contributed by atoms with Gasteiger partial charge in [0.2, 0.25) is 0 Å². The van der Waals surface area contributed by atoms with Crippen molar-refractivity contribution < 1.29 is 0 Å². The molecule has 0 spiro atoms. The lowest BCUT2D eigenvalue weighted by atomic mass is 9.71. The predicted octanol–water partition coefficient (Wildman–Crippen LogP) is 3.36. The third-order valence-corrected chi connectivity index (χ3v) is 3.02. The Morgan fingerprint density at radius 2 is 1.92 bits per heavy atom. The molecule has 1 fully saturated rings. The lowest BCUT2D eigenvalue weighted by molar-refractivity contribution is 0.167. The van der Waals surface area contributed by atoms with Crippen LogP contribution in [0.15, 0.2) is 5.18 Å². The molecule has 2 atom stereocenters. The van der Waals surface area contributed by atoms with Crippen molar-refractivity contribution in [3.05, 3.63) is 4.91 Å². The van der Waals surface area contributed by atoms with Crippen molar-refractivity contribution in [2.24, 2.45) is 16.5 Å². The first-order valence-corrected chi connectivity index (χ1v) is 4.86. The second-order valence-corrected chi connectivity index (χ2v) is 4.99. The largest absolute Gasteiger partial charge is 0.151 e. The smallest absolute Gasteiger partial charge is 0.0922 e. The lowest BCUT2D eigenvalue weighted by Gasteiger charge is -2.35. The summed E-state index contributed by atoms with van der Waals surface area (Å²) in [7, 11) is 0. The van der Waals surface area contributed by atoms with Crippen LogP contribution in [0.4, 0.5) is 0 Å². The maximum atomic E-state index is 10.4. The van der Waals surface area contributed by atoms with Crippen LogP contribution < -0.4 is 0 Å². The second kappa shape index (κ2) is 3.55. The standard InChI is InChI=1S/C10H19NO/c1-10(2,3)8-5-4-6-9(7-8)11-12/h8-9H,4-7H2,1-3H3. The molecule has 2 heteroatoms. The first-order chi connectivity index (χ1) is 5.54. The Labute approximate surface area is 74.7 Å². The SMILES string of the molecule is CC(C)(C)C1CCCC(N=O)C1. The van der Waals surface area contributed by atoms with Gasteiger partial charge in [0.15, 0.2) is 0 Å². The van der Waals surface area contributed by atoms with Gasteiger partial charge in [-0.2, -0.15) is 4.91 Å². The first kappa shape index (κ1) is 9.69.